The molecule has 1 aliphatic carbocycles. The molecular formula is C56H64N10O6S. The summed E-state index contributed by atoms with van der Waals surface area (Å²) in [7, 11) is 1.89. The van der Waals surface area contributed by atoms with Crippen LogP contribution in [0.4, 0.5) is 17.3 Å². The highest BCUT2D eigenvalue weighted by atomic mass is 32.2. The van der Waals surface area contributed by atoms with Crippen LogP contribution in [-0.4, -0.2) is 110 Å². The molecule has 2 saturated heterocycles. The van der Waals surface area contributed by atoms with Crippen LogP contribution in [0.3, 0.4) is 0 Å². The van der Waals surface area contributed by atoms with Gasteiger partial charge in [0.05, 0.1) is 17.5 Å². The number of piperidine rings is 1. The number of amides is 2. The number of carbonyl (C=O) groups is 3. The predicted molar refractivity (Wildman–Crippen MR) is 283 cm³/mol. The molecule has 1 saturated carbocycles. The topological polar surface area (TPSA) is 190 Å². The molecule has 73 heavy (non-hydrogen) atoms. The Bertz CT molecular complexity index is 3010. The highest BCUT2D eigenvalue weighted by Gasteiger charge is 2.33. The Morgan fingerprint density at radius 1 is 0.836 bits per heavy atom. The molecule has 380 valence electrons. The van der Waals surface area contributed by atoms with Crippen molar-refractivity contribution in [2.75, 3.05) is 54.4 Å². The summed E-state index contributed by atoms with van der Waals surface area (Å²) in [5.41, 5.74) is 7.25. The average molecular weight is 1010 g/mol. The van der Waals surface area contributed by atoms with Crippen molar-refractivity contribution in [1.29, 1.82) is 0 Å². The lowest BCUT2D eigenvalue weighted by molar-refractivity contribution is -0.127. The number of pyridine rings is 2. The van der Waals surface area contributed by atoms with Crippen molar-refractivity contribution in [3.05, 3.63) is 119 Å². The molecule has 5 aliphatic rings. The highest BCUT2D eigenvalue weighted by Crippen LogP contribution is 2.39. The molecule has 3 fully saturated rings. The van der Waals surface area contributed by atoms with E-state index in [4.69, 9.17) is 19.8 Å². The number of rotatable bonds is 14. The summed E-state index contributed by atoms with van der Waals surface area (Å²) in [6, 6.07) is 27.7. The van der Waals surface area contributed by atoms with E-state index in [9.17, 15) is 24.6 Å². The summed E-state index contributed by atoms with van der Waals surface area (Å²) in [4.78, 5) is 56.1. The Morgan fingerprint density at radius 3 is 2.42 bits per heavy atom. The van der Waals surface area contributed by atoms with E-state index < -0.39 is 12.2 Å². The van der Waals surface area contributed by atoms with E-state index in [1.807, 2.05) is 80.7 Å². The molecule has 16 nitrogen and oxygen atoms in total. The molecule has 5 N–H and O–H groups in total. The number of hydrogen-bond acceptors (Lipinski definition) is 13. The summed E-state index contributed by atoms with van der Waals surface area (Å²) in [5, 5.41) is 35.8. The third-order valence-corrected chi connectivity index (χ3v) is 16.7. The van der Waals surface area contributed by atoms with Gasteiger partial charge in [0.25, 0.3) is 5.91 Å². The van der Waals surface area contributed by atoms with Gasteiger partial charge in [0.2, 0.25) is 5.91 Å². The molecule has 0 spiro atoms. The number of para-hydroxylation sites is 1. The standard InChI is InChI=1S/C56H64N10O6S/c1-34-32-38(17-18-39(34)40-19-22-47(58-51(40)55(70)71)66-27-25-36-9-7-10-41(44(36)33-66)53(68)61-56-57-45-11-3-4-12-46(45)73-56)72-37-15-13-35(14-16-37)8-5-6-26-64-28-30-65(31-29-64)48-23-20-42-50(62-63(2)52(42)59-48)43-21-24-49(67)60-54(43)69/h3-4,7,9-12,17-20,22-23,32,35,37,43,54,56-57,69H,5-6,8,13-16,21,24-31,33H2,1-2H3,(H,60,67)(H,61,68)(H,70,71). The van der Waals surface area contributed by atoms with E-state index in [1.165, 1.54) is 19.3 Å². The van der Waals surface area contributed by atoms with Gasteiger partial charge in [-0.15, -0.1) is 0 Å². The van der Waals surface area contributed by atoms with E-state index in [0.29, 0.717) is 49.3 Å². The maximum absolute atomic E-state index is 13.7. The number of fused-ring (bicyclic) bond motifs is 3. The average Bonchev–Trinajstić information content (AvgIpc) is 3.97. The Labute approximate surface area is 429 Å². The number of nitrogens with zero attached hydrogens (tertiary/aromatic N) is 7. The second-order valence-electron chi connectivity index (χ2n) is 20.4. The van der Waals surface area contributed by atoms with E-state index in [0.717, 1.165) is 125 Å². The van der Waals surface area contributed by atoms with Crippen LogP contribution < -0.4 is 30.5 Å². The minimum atomic E-state index is -1.09. The highest BCUT2D eigenvalue weighted by molar-refractivity contribution is 8.00. The molecule has 3 aromatic carbocycles. The number of aromatic carboxylic acids is 1. The number of carboxylic acids is 1. The normalized spacial score (nSPS) is 22.1. The summed E-state index contributed by atoms with van der Waals surface area (Å²) in [6.45, 7) is 8.05. The zero-order chi connectivity index (χ0) is 50.2. The van der Waals surface area contributed by atoms with Crippen LogP contribution in [0.5, 0.6) is 5.75 Å². The molecule has 0 bridgehead atoms. The summed E-state index contributed by atoms with van der Waals surface area (Å²) < 4.78 is 8.34. The molecule has 17 heteroatoms. The maximum atomic E-state index is 13.7. The number of thioether (sulfide) groups is 1. The fourth-order valence-electron chi connectivity index (χ4n) is 11.6. The van der Waals surface area contributed by atoms with Crippen LogP contribution in [0, 0.1) is 12.8 Å². The first kappa shape index (κ1) is 48.6. The molecule has 11 rings (SSSR count). The lowest BCUT2D eigenvalue weighted by Crippen LogP contribution is -2.46. The Kier molecular flexibility index (Phi) is 14.0. The van der Waals surface area contributed by atoms with E-state index in [1.54, 1.807) is 16.4 Å². The lowest BCUT2D eigenvalue weighted by atomic mass is 9.84. The zero-order valence-electron chi connectivity index (χ0n) is 41.6. The number of carbonyl (C=O) groups excluding carboxylic acids is 2. The van der Waals surface area contributed by atoms with Crippen LogP contribution >= 0.6 is 11.8 Å². The summed E-state index contributed by atoms with van der Waals surface area (Å²) >= 11 is 1.58. The largest absolute Gasteiger partial charge is 0.490 e. The second kappa shape index (κ2) is 21.0. The maximum Gasteiger partial charge on any atom is 0.355 e. The summed E-state index contributed by atoms with van der Waals surface area (Å²) in [5.74, 6) is 1.42. The van der Waals surface area contributed by atoms with Crippen LogP contribution in [0.25, 0.3) is 22.2 Å². The first-order valence-corrected chi connectivity index (χ1v) is 26.9. The van der Waals surface area contributed by atoms with E-state index >= 15 is 0 Å². The molecule has 4 aliphatic heterocycles. The number of carboxylic acid groups (broad SMARTS) is 1. The number of ether oxygens (including phenoxy) is 1. The minimum Gasteiger partial charge on any atom is -0.490 e. The Morgan fingerprint density at radius 2 is 1.63 bits per heavy atom. The number of piperazine rings is 1. The van der Waals surface area contributed by atoms with Gasteiger partial charge in [-0.05, 0) is 141 Å². The van der Waals surface area contributed by atoms with Gasteiger partial charge in [-0.2, -0.15) is 5.10 Å². The molecule has 7 heterocycles. The number of benzene rings is 3. The number of hydrogen-bond donors (Lipinski definition) is 5. The Hall–Kier alpha value is -6.69. The van der Waals surface area contributed by atoms with Gasteiger partial charge in [0.15, 0.2) is 16.8 Å². The van der Waals surface area contributed by atoms with E-state index in [2.05, 4.69) is 48.8 Å². The summed E-state index contributed by atoms with van der Waals surface area (Å²) in [6.07, 6.45) is 8.93. The van der Waals surface area contributed by atoms with Crippen molar-refractivity contribution in [3.8, 4) is 16.9 Å². The second-order valence-corrected chi connectivity index (χ2v) is 21.5. The number of aliphatic hydroxyl groups excluding tert-OH is 1. The van der Waals surface area contributed by atoms with Gasteiger partial charge < -0.3 is 40.7 Å². The van der Waals surface area contributed by atoms with Gasteiger partial charge in [0, 0.05) is 80.1 Å². The fourth-order valence-corrected chi connectivity index (χ4v) is 12.6. The van der Waals surface area contributed by atoms with Gasteiger partial charge in [-0.1, -0.05) is 54.9 Å². The first-order chi connectivity index (χ1) is 35.5. The van der Waals surface area contributed by atoms with Crippen molar-refractivity contribution in [2.24, 2.45) is 13.0 Å². The van der Waals surface area contributed by atoms with Crippen molar-refractivity contribution >= 4 is 57.9 Å². The predicted octanol–water partition coefficient (Wildman–Crippen LogP) is 8.07. The lowest BCUT2D eigenvalue weighted by Gasteiger charge is -2.35. The fraction of sp³-hybridized carbons (Fsp3) is 0.429. The third-order valence-electron chi connectivity index (χ3n) is 15.6. The molecule has 3 aromatic heterocycles. The van der Waals surface area contributed by atoms with Gasteiger partial charge >= 0.3 is 5.97 Å². The monoisotopic (exact) mass is 1000 g/mol. The van der Waals surface area contributed by atoms with Crippen LogP contribution in [0.2, 0.25) is 0 Å². The molecule has 6 aromatic rings. The molecular weight excluding hydrogens is 941 g/mol. The molecule has 0 radical (unpaired) electrons. The number of aromatic nitrogens is 4. The SMILES string of the molecule is Cc1cc(OC2CCC(CCCCN3CCN(c4ccc5c(C6CCC(=O)NC6O)nn(C)c5n4)CC3)CC2)ccc1-c1ccc(N2CCc3cccc(C(=O)NC4Nc5ccccc5S4)c3C2)nc1C(=O)O. The van der Waals surface area contributed by atoms with Crippen LogP contribution in [0.1, 0.15) is 107 Å². The number of aryl methyl sites for hydroxylation is 2. The number of nitrogens with one attached hydrogen (secondary N) is 3. The van der Waals surface area contributed by atoms with E-state index in [-0.39, 0.29) is 35.0 Å². The van der Waals surface area contributed by atoms with Crippen LogP contribution in [-0.2, 0) is 24.8 Å². The Balaban J connectivity index is 0.629. The third kappa shape index (κ3) is 10.4. The van der Waals surface area contributed by atoms with Crippen molar-refractivity contribution in [2.45, 2.75) is 106 Å². The number of anilines is 3. The quantitative estimate of drug-likeness (QED) is 0.0659. The van der Waals surface area contributed by atoms with Crippen molar-refractivity contribution in [1.82, 2.24) is 35.3 Å². The van der Waals surface area contributed by atoms with Gasteiger partial charge in [-0.25, -0.2) is 14.8 Å². The van der Waals surface area contributed by atoms with Gasteiger partial charge in [-0.3, -0.25) is 19.2 Å². The zero-order valence-corrected chi connectivity index (χ0v) is 42.4. The molecule has 2 amide bonds. The first-order valence-electron chi connectivity index (χ1n) is 26.0. The molecule has 3 atom stereocenters. The number of unbranched alkanes of at least 4 members (excludes halogenated alkanes) is 1. The van der Waals surface area contributed by atoms with Crippen molar-refractivity contribution in [3.63, 3.8) is 0 Å². The van der Waals surface area contributed by atoms with Crippen LogP contribution in [0.15, 0.2) is 89.8 Å². The molecule has 3 unspecified atom stereocenters. The van der Waals surface area contributed by atoms with Gasteiger partial charge in [0.1, 0.15) is 23.6 Å². The number of aliphatic hydroxyl groups is 1. The minimum absolute atomic E-state index is 0.00349. The smallest absolute Gasteiger partial charge is 0.355 e. The van der Waals surface area contributed by atoms with Crippen molar-refractivity contribution < 1.29 is 29.3 Å².